The van der Waals surface area contributed by atoms with Crippen molar-refractivity contribution in [2.75, 3.05) is 13.1 Å². The molecule has 7 nitrogen and oxygen atoms in total. The molecule has 0 spiro atoms. The van der Waals surface area contributed by atoms with Crippen LogP contribution in [0.1, 0.15) is 41.8 Å². The Morgan fingerprint density at radius 3 is 2.46 bits per heavy atom. The number of aromatic nitrogens is 2. The third-order valence-corrected chi connectivity index (χ3v) is 7.38. The van der Waals surface area contributed by atoms with E-state index >= 15 is 0 Å². The van der Waals surface area contributed by atoms with Crippen LogP contribution in [-0.4, -0.2) is 41.5 Å². The van der Waals surface area contributed by atoms with Gasteiger partial charge in [-0.3, -0.25) is 9.48 Å². The first-order valence-corrected chi connectivity index (χ1v) is 11.1. The second kappa shape index (κ2) is 8.45. The number of nitrogens with zero attached hydrogens (tertiary/aromatic N) is 3. The largest absolute Gasteiger partial charge is 0.352 e. The molecule has 0 atom stereocenters. The Morgan fingerprint density at radius 2 is 1.82 bits per heavy atom. The Labute approximate surface area is 166 Å². The van der Waals surface area contributed by atoms with Gasteiger partial charge >= 0.3 is 0 Å². The molecule has 1 saturated heterocycles. The predicted molar refractivity (Wildman–Crippen MR) is 107 cm³/mol. The van der Waals surface area contributed by atoms with Crippen molar-refractivity contribution in [3.8, 4) is 0 Å². The highest BCUT2D eigenvalue weighted by Crippen LogP contribution is 2.23. The first-order chi connectivity index (χ1) is 13.3. The zero-order valence-electron chi connectivity index (χ0n) is 16.7. The summed E-state index contributed by atoms with van der Waals surface area (Å²) in [6.45, 7) is 5.12. The van der Waals surface area contributed by atoms with E-state index in [1.807, 2.05) is 20.9 Å². The molecule has 2 aromatic rings. The van der Waals surface area contributed by atoms with E-state index in [-0.39, 0.29) is 23.8 Å². The fourth-order valence-electron chi connectivity index (χ4n) is 3.64. The Hall–Kier alpha value is -2.19. The van der Waals surface area contributed by atoms with E-state index in [0.29, 0.717) is 18.7 Å². The molecule has 152 valence electrons. The minimum atomic E-state index is -3.54. The number of carbonyl (C=O) groups excluding carboxylic acids is 1. The highest BCUT2D eigenvalue weighted by molar-refractivity contribution is 7.89. The third kappa shape index (κ3) is 4.28. The molecule has 0 bridgehead atoms. The summed E-state index contributed by atoms with van der Waals surface area (Å²) < 4.78 is 29.4. The van der Waals surface area contributed by atoms with E-state index in [4.69, 9.17) is 0 Å². The average Bonchev–Trinajstić information content (AvgIpc) is 2.93. The number of sulfonamides is 1. The van der Waals surface area contributed by atoms with Crippen molar-refractivity contribution >= 4 is 15.9 Å². The summed E-state index contributed by atoms with van der Waals surface area (Å²) in [7, 11) is -1.69. The van der Waals surface area contributed by atoms with Crippen molar-refractivity contribution in [1.82, 2.24) is 19.4 Å². The van der Waals surface area contributed by atoms with Crippen LogP contribution in [0.25, 0.3) is 0 Å². The van der Waals surface area contributed by atoms with E-state index in [1.165, 1.54) is 0 Å². The van der Waals surface area contributed by atoms with Crippen LogP contribution < -0.4 is 5.32 Å². The van der Waals surface area contributed by atoms with Crippen molar-refractivity contribution in [2.24, 2.45) is 7.05 Å². The molecular formula is C20H28N4O3S. The lowest BCUT2D eigenvalue weighted by Gasteiger charge is -2.26. The molecule has 1 aromatic carbocycles. The van der Waals surface area contributed by atoms with Gasteiger partial charge in [0.1, 0.15) is 0 Å². The van der Waals surface area contributed by atoms with Gasteiger partial charge in [0.25, 0.3) is 0 Å². The third-order valence-electron chi connectivity index (χ3n) is 5.38. The molecule has 0 unspecified atom stereocenters. The molecule has 0 radical (unpaired) electrons. The van der Waals surface area contributed by atoms with Crippen LogP contribution in [0.4, 0.5) is 0 Å². The van der Waals surface area contributed by atoms with Crippen LogP contribution in [0.15, 0.2) is 29.2 Å². The highest BCUT2D eigenvalue weighted by Gasteiger charge is 2.28. The minimum absolute atomic E-state index is 0.149. The molecule has 1 aliphatic heterocycles. The molecule has 1 fully saturated rings. The number of piperidine rings is 1. The van der Waals surface area contributed by atoms with E-state index in [2.05, 4.69) is 10.4 Å². The maximum Gasteiger partial charge on any atom is 0.243 e. The van der Waals surface area contributed by atoms with Crippen LogP contribution in [-0.2, 0) is 34.8 Å². The normalized spacial score (nSPS) is 15.5. The van der Waals surface area contributed by atoms with Gasteiger partial charge in [-0.25, -0.2) is 8.42 Å². The fraction of sp³-hybridized carbons (Fsp3) is 0.500. The molecule has 1 N–H and O–H groups in total. The van der Waals surface area contributed by atoms with Crippen molar-refractivity contribution in [3.05, 3.63) is 46.8 Å². The van der Waals surface area contributed by atoms with Crippen molar-refractivity contribution in [2.45, 2.75) is 51.0 Å². The number of benzene rings is 1. The lowest BCUT2D eigenvalue weighted by molar-refractivity contribution is -0.120. The summed E-state index contributed by atoms with van der Waals surface area (Å²) in [5.41, 5.74) is 3.32. The van der Waals surface area contributed by atoms with Crippen molar-refractivity contribution in [3.63, 3.8) is 0 Å². The van der Waals surface area contributed by atoms with E-state index in [1.54, 1.807) is 33.3 Å². The molecular weight excluding hydrogens is 376 g/mol. The van der Waals surface area contributed by atoms with Crippen LogP contribution in [0.3, 0.4) is 0 Å². The quantitative estimate of drug-likeness (QED) is 0.799. The summed E-state index contributed by atoms with van der Waals surface area (Å²) in [5, 5.41) is 7.20. The van der Waals surface area contributed by atoms with Crippen molar-refractivity contribution in [1.29, 1.82) is 0 Å². The number of amides is 1. The molecule has 1 aromatic heterocycles. The summed E-state index contributed by atoms with van der Waals surface area (Å²) in [6.07, 6.45) is 3.08. The molecule has 0 saturated carbocycles. The smallest absolute Gasteiger partial charge is 0.243 e. The highest BCUT2D eigenvalue weighted by atomic mass is 32.2. The van der Waals surface area contributed by atoms with Gasteiger partial charge in [0.05, 0.1) is 17.0 Å². The van der Waals surface area contributed by atoms with E-state index < -0.39 is 10.0 Å². The van der Waals surface area contributed by atoms with Crippen LogP contribution >= 0.6 is 0 Å². The second-order valence-electron chi connectivity index (χ2n) is 7.30. The molecule has 0 aliphatic carbocycles. The first kappa shape index (κ1) is 20.5. The van der Waals surface area contributed by atoms with Gasteiger partial charge in [-0.1, -0.05) is 24.6 Å². The van der Waals surface area contributed by atoms with Gasteiger partial charge in [0, 0.05) is 37.9 Å². The summed E-state index contributed by atoms with van der Waals surface area (Å²) >= 11 is 0. The van der Waals surface area contributed by atoms with Gasteiger partial charge in [-0.05, 0) is 38.3 Å². The van der Waals surface area contributed by atoms with Gasteiger partial charge < -0.3 is 5.32 Å². The van der Waals surface area contributed by atoms with Crippen LogP contribution in [0, 0.1) is 13.8 Å². The Morgan fingerprint density at radius 1 is 1.14 bits per heavy atom. The van der Waals surface area contributed by atoms with Gasteiger partial charge in [0.2, 0.25) is 15.9 Å². The summed E-state index contributed by atoms with van der Waals surface area (Å²) in [5.74, 6) is -0.149. The number of aryl methyl sites for hydroxylation is 2. The predicted octanol–water partition coefficient (Wildman–Crippen LogP) is 2.07. The topological polar surface area (TPSA) is 84.3 Å². The molecule has 3 rings (SSSR count). The fourth-order valence-corrected chi connectivity index (χ4v) is 5.38. The van der Waals surface area contributed by atoms with E-state index in [9.17, 15) is 13.2 Å². The standard InChI is InChI=1S/C20H28N4O3S/c1-15-18(16(2)23(3)22-15)13-20(25)21-14-17-9-5-6-10-19(17)28(26,27)24-11-7-4-8-12-24/h5-6,9-10H,4,7-8,11-14H2,1-3H3,(H,21,25). The van der Waals surface area contributed by atoms with Gasteiger partial charge in [-0.15, -0.1) is 0 Å². The zero-order chi connectivity index (χ0) is 20.3. The molecule has 1 amide bonds. The maximum atomic E-state index is 13.0. The number of carbonyl (C=O) groups is 1. The maximum absolute atomic E-state index is 13.0. The lowest BCUT2D eigenvalue weighted by Crippen LogP contribution is -2.36. The van der Waals surface area contributed by atoms with Crippen LogP contribution in [0.2, 0.25) is 0 Å². The van der Waals surface area contributed by atoms with Gasteiger partial charge in [-0.2, -0.15) is 9.40 Å². The monoisotopic (exact) mass is 404 g/mol. The lowest BCUT2D eigenvalue weighted by atomic mass is 10.1. The summed E-state index contributed by atoms with van der Waals surface area (Å²) in [6, 6.07) is 6.91. The molecule has 2 heterocycles. The SMILES string of the molecule is Cc1nn(C)c(C)c1CC(=O)NCc1ccccc1S(=O)(=O)N1CCCCC1. The number of hydrogen-bond donors (Lipinski definition) is 1. The average molecular weight is 405 g/mol. The summed E-state index contributed by atoms with van der Waals surface area (Å²) in [4.78, 5) is 12.7. The number of hydrogen-bond acceptors (Lipinski definition) is 4. The number of rotatable bonds is 6. The van der Waals surface area contributed by atoms with Crippen LogP contribution in [0.5, 0.6) is 0 Å². The molecule has 28 heavy (non-hydrogen) atoms. The Bertz CT molecular complexity index is 960. The zero-order valence-corrected chi connectivity index (χ0v) is 17.6. The van der Waals surface area contributed by atoms with Gasteiger partial charge in [0.15, 0.2) is 0 Å². The number of nitrogens with one attached hydrogen (secondary N) is 1. The minimum Gasteiger partial charge on any atom is -0.352 e. The Kier molecular flexibility index (Phi) is 6.20. The first-order valence-electron chi connectivity index (χ1n) is 9.64. The van der Waals surface area contributed by atoms with Crippen molar-refractivity contribution < 1.29 is 13.2 Å². The second-order valence-corrected chi connectivity index (χ2v) is 9.21. The molecule has 1 aliphatic rings. The Balaban J connectivity index is 1.72. The van der Waals surface area contributed by atoms with E-state index in [0.717, 1.165) is 36.2 Å². The molecule has 8 heteroatoms.